The van der Waals surface area contributed by atoms with E-state index in [4.69, 9.17) is 16.3 Å². The van der Waals surface area contributed by atoms with Gasteiger partial charge in [0.2, 0.25) is 5.13 Å². The van der Waals surface area contributed by atoms with Gasteiger partial charge in [-0.3, -0.25) is 0 Å². The largest absolute Gasteiger partial charge is 0.378 e. The summed E-state index contributed by atoms with van der Waals surface area (Å²) in [6.45, 7) is 3.38. The second kappa shape index (κ2) is 9.13. The highest BCUT2D eigenvalue weighted by Gasteiger charge is 2.15. The molecule has 0 radical (unpaired) electrons. The number of nitrogens with zero attached hydrogens (tertiary/aromatic N) is 3. The Kier molecular flexibility index (Phi) is 6.89. The van der Waals surface area contributed by atoms with Crippen LogP contribution in [0, 0.1) is 0 Å². The fourth-order valence-electron chi connectivity index (χ4n) is 2.11. The van der Waals surface area contributed by atoms with Crippen LogP contribution in [0.25, 0.3) is 0 Å². The molecule has 8 heteroatoms. The molecule has 4 nitrogen and oxygen atoms in total. The highest BCUT2D eigenvalue weighted by atomic mass is 35.5. The number of hydrogen-bond acceptors (Lipinski definition) is 7. The first kappa shape index (κ1) is 17.4. The van der Waals surface area contributed by atoms with Crippen LogP contribution in [0.3, 0.4) is 0 Å². The summed E-state index contributed by atoms with van der Waals surface area (Å²) < 4.78 is 6.41. The van der Waals surface area contributed by atoms with Crippen LogP contribution in [-0.4, -0.2) is 48.0 Å². The first-order valence-corrected chi connectivity index (χ1v) is 10.7. The van der Waals surface area contributed by atoms with Crippen LogP contribution < -0.4 is 4.90 Å². The molecule has 0 unspecified atom stereocenters. The van der Waals surface area contributed by atoms with Gasteiger partial charge < -0.3 is 9.64 Å². The Labute approximate surface area is 154 Å². The molecule has 0 aliphatic carbocycles. The quantitative estimate of drug-likeness (QED) is 0.520. The van der Waals surface area contributed by atoms with Crippen LogP contribution in [0.4, 0.5) is 5.13 Å². The highest BCUT2D eigenvalue weighted by Crippen LogP contribution is 2.30. The Morgan fingerprint density at radius 2 is 1.91 bits per heavy atom. The van der Waals surface area contributed by atoms with Crippen molar-refractivity contribution in [3.05, 3.63) is 29.3 Å². The van der Waals surface area contributed by atoms with E-state index in [1.165, 1.54) is 0 Å². The maximum absolute atomic E-state index is 6.15. The van der Waals surface area contributed by atoms with Crippen molar-refractivity contribution < 1.29 is 4.74 Å². The molecule has 1 aromatic carbocycles. The number of anilines is 1. The van der Waals surface area contributed by atoms with E-state index < -0.39 is 0 Å². The van der Waals surface area contributed by atoms with E-state index in [9.17, 15) is 0 Å². The molecule has 1 aromatic heterocycles. The average Bonchev–Trinajstić information content (AvgIpc) is 3.06. The maximum Gasteiger partial charge on any atom is 0.209 e. The SMILES string of the molecule is Clc1ccccc1SCCCSc1nnc(N2CCOCC2)s1. The molecule has 2 aromatic rings. The van der Waals surface area contributed by atoms with E-state index in [2.05, 4.69) is 21.2 Å². The molecule has 1 aliphatic rings. The molecule has 0 spiro atoms. The summed E-state index contributed by atoms with van der Waals surface area (Å²) in [7, 11) is 0. The Morgan fingerprint density at radius 1 is 1.13 bits per heavy atom. The molecule has 23 heavy (non-hydrogen) atoms. The topological polar surface area (TPSA) is 38.2 Å². The van der Waals surface area contributed by atoms with Gasteiger partial charge in [-0.2, -0.15) is 0 Å². The minimum atomic E-state index is 0.779. The zero-order valence-electron chi connectivity index (χ0n) is 12.6. The standard InChI is InChI=1S/C15H18ClN3OS3/c16-12-4-1-2-5-13(12)21-10-3-11-22-15-18-17-14(23-15)19-6-8-20-9-7-19/h1-2,4-5H,3,6-11H2. The Balaban J connectivity index is 1.37. The molecule has 124 valence electrons. The number of aromatic nitrogens is 2. The lowest BCUT2D eigenvalue weighted by atomic mass is 10.4. The minimum Gasteiger partial charge on any atom is -0.378 e. The van der Waals surface area contributed by atoms with Crippen molar-refractivity contribution in [3.63, 3.8) is 0 Å². The van der Waals surface area contributed by atoms with Crippen LogP contribution in [0.5, 0.6) is 0 Å². The third-order valence-corrected chi connectivity index (χ3v) is 7.09. The average molecular weight is 388 g/mol. The molecule has 1 fully saturated rings. The summed E-state index contributed by atoms with van der Waals surface area (Å²) >= 11 is 11.4. The molecule has 1 aliphatic heterocycles. The summed E-state index contributed by atoms with van der Waals surface area (Å²) in [6, 6.07) is 7.99. The third kappa shape index (κ3) is 5.26. The summed E-state index contributed by atoms with van der Waals surface area (Å²) in [5.74, 6) is 2.11. The number of hydrogen-bond donors (Lipinski definition) is 0. The zero-order chi connectivity index (χ0) is 15.9. The van der Waals surface area contributed by atoms with Gasteiger partial charge in [0.15, 0.2) is 4.34 Å². The molecule has 0 N–H and O–H groups in total. The molecule has 0 atom stereocenters. The lowest BCUT2D eigenvalue weighted by Gasteiger charge is -2.25. The summed E-state index contributed by atoms with van der Waals surface area (Å²) in [5.41, 5.74) is 0. The van der Waals surface area contributed by atoms with E-state index in [-0.39, 0.29) is 0 Å². The van der Waals surface area contributed by atoms with Crippen molar-refractivity contribution >= 4 is 51.6 Å². The predicted octanol–water partition coefficient (Wildman–Crippen LogP) is 4.30. The molecule has 0 bridgehead atoms. The molecule has 0 saturated carbocycles. The molecule has 2 heterocycles. The number of rotatable bonds is 7. The van der Waals surface area contributed by atoms with Crippen molar-refractivity contribution in [2.24, 2.45) is 0 Å². The van der Waals surface area contributed by atoms with E-state index in [1.54, 1.807) is 23.1 Å². The van der Waals surface area contributed by atoms with Gasteiger partial charge in [0.1, 0.15) is 0 Å². The number of halogens is 1. The van der Waals surface area contributed by atoms with Gasteiger partial charge in [0, 0.05) is 23.7 Å². The number of benzene rings is 1. The van der Waals surface area contributed by atoms with Crippen molar-refractivity contribution in [2.45, 2.75) is 15.7 Å². The molecule has 0 amide bonds. The number of thioether (sulfide) groups is 2. The van der Waals surface area contributed by atoms with Crippen molar-refractivity contribution in [2.75, 3.05) is 42.7 Å². The normalized spacial score (nSPS) is 15.1. The van der Waals surface area contributed by atoms with E-state index >= 15 is 0 Å². The summed E-state index contributed by atoms with van der Waals surface area (Å²) in [5, 5.41) is 10.4. The van der Waals surface area contributed by atoms with E-state index in [0.29, 0.717) is 0 Å². The van der Waals surface area contributed by atoms with Gasteiger partial charge >= 0.3 is 0 Å². The number of morpholine rings is 1. The van der Waals surface area contributed by atoms with Crippen molar-refractivity contribution in [1.29, 1.82) is 0 Å². The summed E-state index contributed by atoms with van der Waals surface area (Å²) in [4.78, 5) is 3.41. The molecular weight excluding hydrogens is 370 g/mol. The first-order chi connectivity index (χ1) is 11.3. The lowest BCUT2D eigenvalue weighted by Crippen LogP contribution is -2.36. The van der Waals surface area contributed by atoms with Crippen LogP contribution in [0.1, 0.15) is 6.42 Å². The van der Waals surface area contributed by atoms with Gasteiger partial charge in [-0.1, -0.05) is 46.8 Å². The van der Waals surface area contributed by atoms with Gasteiger partial charge in [0.25, 0.3) is 0 Å². The van der Waals surface area contributed by atoms with Crippen LogP contribution in [0.15, 0.2) is 33.5 Å². The van der Waals surface area contributed by atoms with Crippen LogP contribution in [-0.2, 0) is 4.74 Å². The fourth-order valence-corrected chi connectivity index (χ4v) is 5.38. The van der Waals surface area contributed by atoms with E-state index in [0.717, 1.165) is 63.6 Å². The zero-order valence-corrected chi connectivity index (χ0v) is 15.8. The lowest BCUT2D eigenvalue weighted by molar-refractivity contribution is 0.122. The van der Waals surface area contributed by atoms with Crippen LogP contribution in [0.2, 0.25) is 5.02 Å². The highest BCUT2D eigenvalue weighted by molar-refractivity contribution is 8.01. The van der Waals surface area contributed by atoms with E-state index in [1.807, 2.05) is 30.0 Å². The van der Waals surface area contributed by atoms with Gasteiger partial charge in [-0.05, 0) is 24.3 Å². The van der Waals surface area contributed by atoms with Gasteiger partial charge in [-0.15, -0.1) is 22.0 Å². The Morgan fingerprint density at radius 3 is 2.74 bits per heavy atom. The second-order valence-electron chi connectivity index (χ2n) is 4.93. The Bertz CT molecular complexity index is 620. The smallest absolute Gasteiger partial charge is 0.209 e. The number of ether oxygens (including phenoxy) is 1. The third-order valence-electron chi connectivity index (χ3n) is 3.29. The molecule has 3 rings (SSSR count). The fraction of sp³-hybridized carbons (Fsp3) is 0.467. The summed E-state index contributed by atoms with van der Waals surface area (Å²) in [6.07, 6.45) is 1.12. The van der Waals surface area contributed by atoms with Crippen LogP contribution >= 0.6 is 46.5 Å². The predicted molar refractivity (Wildman–Crippen MR) is 100 cm³/mol. The monoisotopic (exact) mass is 387 g/mol. The maximum atomic E-state index is 6.15. The molecular formula is C15H18ClN3OS3. The van der Waals surface area contributed by atoms with Crippen molar-refractivity contribution in [3.8, 4) is 0 Å². The Hall–Kier alpha value is -0.470. The van der Waals surface area contributed by atoms with Crippen molar-refractivity contribution in [1.82, 2.24) is 10.2 Å². The van der Waals surface area contributed by atoms with Gasteiger partial charge in [-0.25, -0.2) is 0 Å². The first-order valence-electron chi connectivity index (χ1n) is 7.49. The second-order valence-corrected chi connectivity index (χ2v) is 8.77. The molecule has 1 saturated heterocycles. The minimum absolute atomic E-state index is 0.779. The van der Waals surface area contributed by atoms with Gasteiger partial charge in [0.05, 0.1) is 18.2 Å².